The third-order valence-electron chi connectivity index (χ3n) is 4.49. The fourth-order valence-electron chi connectivity index (χ4n) is 1.99. The number of alkyl halides is 3. The number of nitrogens with one attached hydrogen (secondary N) is 1. The molecular formula is C17H26F3NO3Si. The number of carbonyl (C=O) groups excluding carboxylic acids is 1. The van der Waals surface area contributed by atoms with E-state index < -0.39 is 39.2 Å². The molecule has 0 aromatic heterocycles. The number of hydrogen-bond donors (Lipinski definition) is 2. The van der Waals surface area contributed by atoms with Crippen LogP contribution in [-0.4, -0.2) is 38.2 Å². The molecule has 1 rings (SSSR count). The van der Waals surface area contributed by atoms with Crippen molar-refractivity contribution in [3.63, 3.8) is 0 Å². The van der Waals surface area contributed by atoms with Gasteiger partial charge in [-0.3, -0.25) is 4.79 Å². The number of hydrogen-bond acceptors (Lipinski definition) is 3. The standard InChI is InChI=1S/C17H26F3NO3Si/c1-16(2,3)25(4,5)24-14(12-9-7-6-8-10-12)13(11-22)21-15(23)17(18,19)20/h6-10,13-14,22H,11H2,1-5H3,(H,21,23)/t13-,14-/m0/s1. The Morgan fingerprint density at radius 2 is 1.72 bits per heavy atom. The Labute approximate surface area is 147 Å². The first kappa shape index (κ1) is 21.7. The van der Waals surface area contributed by atoms with Crippen molar-refractivity contribution in [2.75, 3.05) is 6.61 Å². The van der Waals surface area contributed by atoms with Crippen molar-refractivity contribution >= 4 is 14.2 Å². The molecule has 0 bridgehead atoms. The van der Waals surface area contributed by atoms with Crippen LogP contribution in [0.2, 0.25) is 18.1 Å². The molecule has 25 heavy (non-hydrogen) atoms. The van der Waals surface area contributed by atoms with Gasteiger partial charge in [0.05, 0.1) is 18.8 Å². The molecule has 8 heteroatoms. The second-order valence-electron chi connectivity index (χ2n) is 7.47. The van der Waals surface area contributed by atoms with Crippen molar-refractivity contribution in [1.29, 1.82) is 0 Å². The first-order valence-corrected chi connectivity index (χ1v) is 10.9. The summed E-state index contributed by atoms with van der Waals surface area (Å²) in [5.74, 6) is -2.09. The zero-order valence-corrected chi connectivity index (χ0v) is 16.1. The Kier molecular flexibility index (Phi) is 6.83. The van der Waals surface area contributed by atoms with Gasteiger partial charge in [0, 0.05) is 0 Å². The molecular weight excluding hydrogens is 351 g/mol. The number of benzene rings is 1. The molecule has 2 atom stereocenters. The van der Waals surface area contributed by atoms with Crippen LogP contribution in [0.5, 0.6) is 0 Å². The van der Waals surface area contributed by atoms with E-state index in [1.165, 1.54) is 0 Å². The molecule has 1 aromatic carbocycles. The molecule has 1 aromatic rings. The lowest BCUT2D eigenvalue weighted by Gasteiger charge is -2.41. The van der Waals surface area contributed by atoms with E-state index in [4.69, 9.17) is 4.43 Å². The lowest BCUT2D eigenvalue weighted by Crippen LogP contribution is -2.51. The number of rotatable bonds is 6. The van der Waals surface area contributed by atoms with Gasteiger partial charge in [-0.1, -0.05) is 51.1 Å². The smallest absolute Gasteiger partial charge is 0.408 e. The Bertz CT molecular complexity index is 571. The predicted molar refractivity (Wildman–Crippen MR) is 92.5 cm³/mol. The van der Waals surface area contributed by atoms with E-state index in [1.807, 2.05) is 39.2 Å². The summed E-state index contributed by atoms with van der Waals surface area (Å²) in [7, 11) is -2.37. The van der Waals surface area contributed by atoms with E-state index in [-0.39, 0.29) is 5.04 Å². The topological polar surface area (TPSA) is 58.6 Å². The monoisotopic (exact) mass is 377 g/mol. The van der Waals surface area contributed by atoms with Crippen LogP contribution in [0.3, 0.4) is 0 Å². The van der Waals surface area contributed by atoms with E-state index in [0.717, 1.165) is 0 Å². The molecule has 1 amide bonds. The fraction of sp³-hybridized carbons (Fsp3) is 0.588. The predicted octanol–water partition coefficient (Wildman–Crippen LogP) is 3.79. The van der Waals surface area contributed by atoms with Crippen LogP contribution in [0.1, 0.15) is 32.4 Å². The van der Waals surface area contributed by atoms with Crippen molar-refractivity contribution < 1.29 is 27.5 Å². The van der Waals surface area contributed by atoms with Crippen molar-refractivity contribution in [1.82, 2.24) is 5.32 Å². The molecule has 2 N–H and O–H groups in total. The summed E-state index contributed by atoms with van der Waals surface area (Å²) in [6, 6.07) is 7.45. The highest BCUT2D eigenvalue weighted by Crippen LogP contribution is 2.40. The van der Waals surface area contributed by atoms with Gasteiger partial charge in [0.1, 0.15) is 0 Å². The molecule has 0 radical (unpaired) electrons. The maximum absolute atomic E-state index is 12.6. The maximum atomic E-state index is 12.6. The van der Waals surface area contributed by atoms with Crippen LogP contribution in [0.25, 0.3) is 0 Å². The van der Waals surface area contributed by atoms with Crippen LogP contribution in [-0.2, 0) is 9.22 Å². The minimum absolute atomic E-state index is 0.186. The lowest BCUT2D eigenvalue weighted by atomic mass is 10.0. The van der Waals surface area contributed by atoms with E-state index in [1.54, 1.807) is 30.3 Å². The Morgan fingerprint density at radius 3 is 2.12 bits per heavy atom. The lowest BCUT2D eigenvalue weighted by molar-refractivity contribution is -0.175. The molecule has 142 valence electrons. The molecule has 0 aliphatic carbocycles. The zero-order valence-electron chi connectivity index (χ0n) is 15.1. The quantitative estimate of drug-likeness (QED) is 0.742. The third-order valence-corrected chi connectivity index (χ3v) is 8.95. The van der Waals surface area contributed by atoms with Gasteiger partial charge < -0.3 is 14.8 Å². The summed E-state index contributed by atoms with van der Waals surface area (Å²) in [5.41, 5.74) is 0.605. The molecule has 0 fully saturated rings. The van der Waals surface area contributed by atoms with Gasteiger partial charge in [-0.25, -0.2) is 0 Å². The number of amides is 1. The number of aliphatic hydroxyl groups excluding tert-OH is 1. The summed E-state index contributed by atoms with van der Waals surface area (Å²) in [6.45, 7) is 9.26. The van der Waals surface area contributed by atoms with Gasteiger partial charge in [0.25, 0.3) is 0 Å². The minimum Gasteiger partial charge on any atom is -0.408 e. The molecule has 0 aliphatic rings. The van der Waals surface area contributed by atoms with Gasteiger partial charge >= 0.3 is 12.1 Å². The highest BCUT2D eigenvalue weighted by atomic mass is 28.4. The van der Waals surface area contributed by atoms with Gasteiger partial charge in [-0.2, -0.15) is 13.2 Å². The van der Waals surface area contributed by atoms with Crippen LogP contribution in [0.15, 0.2) is 30.3 Å². The van der Waals surface area contributed by atoms with Crippen molar-refractivity contribution in [3.05, 3.63) is 35.9 Å². The maximum Gasteiger partial charge on any atom is 0.471 e. The van der Waals surface area contributed by atoms with Crippen molar-refractivity contribution in [2.45, 2.75) is 57.2 Å². The van der Waals surface area contributed by atoms with E-state index in [0.29, 0.717) is 5.56 Å². The van der Waals surface area contributed by atoms with Crippen LogP contribution < -0.4 is 5.32 Å². The SMILES string of the molecule is CC(C)(C)[Si](C)(C)O[C@@H](c1ccccc1)[C@H](CO)NC(=O)C(F)(F)F. The van der Waals surface area contributed by atoms with E-state index in [2.05, 4.69) is 0 Å². The van der Waals surface area contributed by atoms with E-state index in [9.17, 15) is 23.1 Å². The van der Waals surface area contributed by atoms with Gasteiger partial charge in [-0.05, 0) is 23.7 Å². The molecule has 0 aliphatic heterocycles. The highest BCUT2D eigenvalue weighted by molar-refractivity contribution is 6.74. The van der Waals surface area contributed by atoms with Crippen LogP contribution in [0.4, 0.5) is 13.2 Å². The molecule has 0 unspecified atom stereocenters. The second kappa shape index (κ2) is 7.88. The van der Waals surface area contributed by atoms with Gasteiger partial charge in [0.15, 0.2) is 8.32 Å². The summed E-state index contributed by atoms with van der Waals surface area (Å²) in [5, 5.41) is 11.3. The normalized spacial score (nSPS) is 15.6. The van der Waals surface area contributed by atoms with Gasteiger partial charge in [0.2, 0.25) is 0 Å². The largest absolute Gasteiger partial charge is 0.471 e. The first-order valence-electron chi connectivity index (χ1n) is 8.01. The zero-order chi connectivity index (χ0) is 19.5. The summed E-state index contributed by atoms with van der Waals surface area (Å²) in [6.07, 6.45) is -5.90. The van der Waals surface area contributed by atoms with Gasteiger partial charge in [-0.15, -0.1) is 0 Å². The summed E-state index contributed by atoms with van der Waals surface area (Å²) >= 11 is 0. The van der Waals surface area contributed by atoms with Crippen molar-refractivity contribution in [2.24, 2.45) is 0 Å². The Hall–Kier alpha value is -1.38. The molecule has 4 nitrogen and oxygen atoms in total. The molecule has 0 spiro atoms. The average Bonchev–Trinajstić information content (AvgIpc) is 2.49. The summed E-state index contributed by atoms with van der Waals surface area (Å²) in [4.78, 5) is 11.3. The molecule has 0 heterocycles. The van der Waals surface area contributed by atoms with Crippen molar-refractivity contribution in [3.8, 4) is 0 Å². The Morgan fingerprint density at radius 1 is 1.20 bits per heavy atom. The highest BCUT2D eigenvalue weighted by Gasteiger charge is 2.44. The van der Waals surface area contributed by atoms with E-state index >= 15 is 0 Å². The number of aliphatic hydroxyl groups is 1. The average molecular weight is 377 g/mol. The molecule has 0 saturated carbocycles. The second-order valence-corrected chi connectivity index (χ2v) is 12.2. The fourth-order valence-corrected chi connectivity index (χ4v) is 3.28. The summed E-state index contributed by atoms with van der Waals surface area (Å²) < 4.78 is 44.1. The minimum atomic E-state index is -5.02. The number of halogens is 3. The Balaban J connectivity index is 3.19. The van der Waals surface area contributed by atoms with Crippen LogP contribution >= 0.6 is 0 Å². The molecule has 0 saturated heterocycles. The third kappa shape index (κ3) is 5.83. The number of carbonyl (C=O) groups is 1. The first-order chi connectivity index (χ1) is 11.3. The van der Waals surface area contributed by atoms with Crippen LogP contribution in [0, 0.1) is 0 Å².